The number of carbonyl (C=O) groups excluding carboxylic acids is 1. The van der Waals surface area contributed by atoms with Crippen molar-refractivity contribution in [3.63, 3.8) is 0 Å². The van der Waals surface area contributed by atoms with E-state index in [1.807, 2.05) is 38.1 Å². The first-order chi connectivity index (χ1) is 11.5. The molecule has 2 aliphatic heterocycles. The molecule has 130 valence electrons. The second-order valence-electron chi connectivity index (χ2n) is 6.85. The zero-order chi connectivity index (χ0) is 17.3. The molecule has 1 aromatic rings. The Balaban J connectivity index is 1.65. The summed E-state index contributed by atoms with van der Waals surface area (Å²) in [6, 6.07) is 7.17. The van der Waals surface area contributed by atoms with Gasteiger partial charge in [-0.05, 0) is 63.8 Å². The molecule has 6 nitrogen and oxygen atoms in total. The van der Waals surface area contributed by atoms with Crippen molar-refractivity contribution in [2.75, 3.05) is 5.32 Å². The molecule has 2 bridgehead atoms. The number of fused-ring (bicyclic) bond motifs is 2. The fraction of sp³-hybridized carbons (Fsp3) is 0.556. The van der Waals surface area contributed by atoms with E-state index in [9.17, 15) is 14.7 Å². The maximum absolute atomic E-state index is 12.6. The van der Waals surface area contributed by atoms with Crippen LogP contribution in [-0.2, 0) is 4.79 Å². The minimum absolute atomic E-state index is 0.0871. The topological polar surface area (TPSA) is 78.9 Å². The maximum atomic E-state index is 12.6. The lowest BCUT2D eigenvalue weighted by molar-refractivity contribution is -0.122. The molecule has 0 radical (unpaired) electrons. The second kappa shape index (κ2) is 6.71. The van der Waals surface area contributed by atoms with E-state index < -0.39 is 6.09 Å². The van der Waals surface area contributed by atoms with E-state index in [1.54, 1.807) is 0 Å². The summed E-state index contributed by atoms with van der Waals surface area (Å²) in [5.41, 5.74) is 0.707. The lowest BCUT2D eigenvalue weighted by Crippen LogP contribution is -2.50. The smallest absolute Gasteiger partial charge is 0.407 e. The Kier molecular flexibility index (Phi) is 4.64. The average Bonchev–Trinajstić information content (AvgIpc) is 2.82. The summed E-state index contributed by atoms with van der Waals surface area (Å²) in [6.07, 6.45) is 2.35. The van der Waals surface area contributed by atoms with Crippen LogP contribution in [0.5, 0.6) is 5.75 Å². The Labute approximate surface area is 141 Å². The molecule has 0 saturated carbocycles. The molecule has 2 amide bonds. The van der Waals surface area contributed by atoms with Crippen LogP contribution >= 0.6 is 0 Å². The summed E-state index contributed by atoms with van der Waals surface area (Å²) in [4.78, 5) is 25.6. The molecule has 6 heteroatoms. The predicted octanol–water partition coefficient (Wildman–Crippen LogP) is 3.33. The number of hydrogen-bond donors (Lipinski definition) is 2. The largest absolute Gasteiger partial charge is 0.491 e. The van der Waals surface area contributed by atoms with Crippen LogP contribution in [0.2, 0.25) is 0 Å². The summed E-state index contributed by atoms with van der Waals surface area (Å²) < 4.78 is 5.59. The molecule has 24 heavy (non-hydrogen) atoms. The summed E-state index contributed by atoms with van der Waals surface area (Å²) in [6.45, 7) is 3.92. The van der Waals surface area contributed by atoms with Gasteiger partial charge in [-0.1, -0.05) is 0 Å². The van der Waals surface area contributed by atoms with E-state index in [0.717, 1.165) is 31.4 Å². The van der Waals surface area contributed by atoms with Gasteiger partial charge in [-0.2, -0.15) is 0 Å². The fourth-order valence-corrected chi connectivity index (χ4v) is 3.88. The summed E-state index contributed by atoms with van der Waals surface area (Å²) in [7, 11) is 0. The summed E-state index contributed by atoms with van der Waals surface area (Å²) >= 11 is 0. The third-order valence-electron chi connectivity index (χ3n) is 4.87. The number of piperidine rings is 1. The Hall–Kier alpha value is -2.24. The molecule has 2 aliphatic rings. The number of carboxylic acid groups (broad SMARTS) is 1. The number of ether oxygens (including phenoxy) is 1. The molecule has 3 rings (SSSR count). The molecule has 3 atom stereocenters. The van der Waals surface area contributed by atoms with Crippen LogP contribution in [0.4, 0.5) is 10.5 Å². The van der Waals surface area contributed by atoms with Crippen molar-refractivity contribution in [3.05, 3.63) is 24.3 Å². The van der Waals surface area contributed by atoms with E-state index in [0.29, 0.717) is 5.69 Å². The molecule has 2 N–H and O–H groups in total. The number of amides is 2. The van der Waals surface area contributed by atoms with Gasteiger partial charge in [-0.15, -0.1) is 0 Å². The van der Waals surface area contributed by atoms with Crippen molar-refractivity contribution in [3.8, 4) is 5.75 Å². The van der Waals surface area contributed by atoms with Gasteiger partial charge in [0.25, 0.3) is 0 Å². The zero-order valence-electron chi connectivity index (χ0n) is 14.1. The van der Waals surface area contributed by atoms with Gasteiger partial charge in [0.05, 0.1) is 12.0 Å². The molecule has 3 unspecified atom stereocenters. The zero-order valence-corrected chi connectivity index (χ0v) is 14.1. The third kappa shape index (κ3) is 3.32. The van der Waals surface area contributed by atoms with Gasteiger partial charge in [0.1, 0.15) is 5.75 Å². The standard InChI is InChI=1S/C18H24N2O4/c1-11(2)24-14-7-3-12(4-8-14)19-17(21)15-9-5-13-6-10-16(15)20(13)18(22)23/h3-4,7-8,11,13,15-16H,5-6,9-10H2,1-2H3,(H,19,21)(H,22,23). The minimum atomic E-state index is -0.907. The monoisotopic (exact) mass is 332 g/mol. The first kappa shape index (κ1) is 16.6. The van der Waals surface area contributed by atoms with E-state index in [4.69, 9.17) is 4.74 Å². The molecule has 1 aromatic carbocycles. The van der Waals surface area contributed by atoms with Gasteiger partial charge < -0.3 is 20.1 Å². The Morgan fingerprint density at radius 3 is 2.46 bits per heavy atom. The van der Waals surface area contributed by atoms with Crippen molar-refractivity contribution in [2.24, 2.45) is 5.92 Å². The van der Waals surface area contributed by atoms with E-state index in [1.165, 1.54) is 4.90 Å². The lowest BCUT2D eigenvalue weighted by Gasteiger charge is -2.37. The van der Waals surface area contributed by atoms with Crippen LogP contribution in [0.25, 0.3) is 0 Å². The van der Waals surface area contributed by atoms with Crippen LogP contribution in [0.1, 0.15) is 39.5 Å². The van der Waals surface area contributed by atoms with Crippen molar-refractivity contribution >= 4 is 17.7 Å². The number of carbonyl (C=O) groups is 2. The number of rotatable bonds is 4. The van der Waals surface area contributed by atoms with Crippen molar-refractivity contribution in [2.45, 2.75) is 57.7 Å². The van der Waals surface area contributed by atoms with Gasteiger partial charge in [-0.25, -0.2) is 4.79 Å². The molecule has 2 fully saturated rings. The SMILES string of the molecule is CC(C)Oc1ccc(NC(=O)C2CCC3CCC2N3C(=O)O)cc1. The number of benzene rings is 1. The highest BCUT2D eigenvalue weighted by Gasteiger charge is 2.47. The number of nitrogens with one attached hydrogen (secondary N) is 1. The Morgan fingerprint density at radius 1 is 1.17 bits per heavy atom. The van der Waals surface area contributed by atoms with Crippen LogP contribution in [0, 0.1) is 5.92 Å². The Bertz CT molecular complexity index is 614. The maximum Gasteiger partial charge on any atom is 0.407 e. The molecule has 0 aliphatic carbocycles. The first-order valence-corrected chi connectivity index (χ1v) is 8.54. The molecular formula is C18H24N2O4. The van der Waals surface area contributed by atoms with Gasteiger partial charge in [0.2, 0.25) is 5.91 Å². The molecular weight excluding hydrogens is 308 g/mol. The quantitative estimate of drug-likeness (QED) is 0.886. The normalized spacial score (nSPS) is 25.6. The van der Waals surface area contributed by atoms with Gasteiger partial charge in [-0.3, -0.25) is 4.79 Å². The lowest BCUT2D eigenvalue weighted by atomic mass is 9.89. The summed E-state index contributed by atoms with van der Waals surface area (Å²) in [5.74, 6) is 0.395. The second-order valence-corrected chi connectivity index (χ2v) is 6.85. The average molecular weight is 332 g/mol. The number of anilines is 1. The van der Waals surface area contributed by atoms with E-state index >= 15 is 0 Å². The van der Waals surface area contributed by atoms with Crippen LogP contribution < -0.4 is 10.1 Å². The molecule has 0 spiro atoms. The molecule has 0 aromatic heterocycles. The number of nitrogens with zero attached hydrogens (tertiary/aromatic N) is 1. The van der Waals surface area contributed by atoms with Crippen LogP contribution in [0.15, 0.2) is 24.3 Å². The molecule has 2 saturated heterocycles. The van der Waals surface area contributed by atoms with Gasteiger partial charge in [0, 0.05) is 17.8 Å². The Morgan fingerprint density at radius 2 is 1.83 bits per heavy atom. The van der Waals surface area contributed by atoms with E-state index in [2.05, 4.69) is 5.32 Å². The highest BCUT2D eigenvalue weighted by molar-refractivity contribution is 5.93. The van der Waals surface area contributed by atoms with Crippen molar-refractivity contribution in [1.29, 1.82) is 0 Å². The van der Waals surface area contributed by atoms with Crippen molar-refractivity contribution in [1.82, 2.24) is 4.90 Å². The highest BCUT2D eigenvalue weighted by atomic mass is 16.5. The van der Waals surface area contributed by atoms with Gasteiger partial charge in [0.15, 0.2) is 0 Å². The minimum Gasteiger partial charge on any atom is -0.491 e. The molecule has 2 heterocycles. The summed E-state index contributed by atoms with van der Waals surface area (Å²) in [5, 5.41) is 12.3. The first-order valence-electron chi connectivity index (χ1n) is 8.54. The number of hydrogen-bond acceptors (Lipinski definition) is 3. The fourth-order valence-electron chi connectivity index (χ4n) is 3.88. The predicted molar refractivity (Wildman–Crippen MR) is 90.2 cm³/mol. The third-order valence-corrected chi connectivity index (χ3v) is 4.87. The van der Waals surface area contributed by atoms with Crippen LogP contribution in [-0.4, -0.2) is 40.2 Å². The van der Waals surface area contributed by atoms with Crippen LogP contribution in [0.3, 0.4) is 0 Å². The van der Waals surface area contributed by atoms with E-state index in [-0.39, 0.29) is 30.0 Å². The highest BCUT2D eigenvalue weighted by Crippen LogP contribution is 2.39. The van der Waals surface area contributed by atoms with Crippen molar-refractivity contribution < 1.29 is 19.4 Å². The van der Waals surface area contributed by atoms with Gasteiger partial charge >= 0.3 is 6.09 Å².